The zero-order valence-corrected chi connectivity index (χ0v) is 10.9. The fraction of sp³-hybridized carbons (Fsp3) is 1.00. The molecule has 0 radical (unpaired) electrons. The molecule has 0 rings (SSSR count). The first kappa shape index (κ1) is 16.7. The van der Waals surface area contributed by atoms with Crippen LogP contribution in [0.1, 0.15) is 46.0 Å². The van der Waals surface area contributed by atoms with Gasteiger partial charge in [-0.05, 0) is 26.3 Å². The molecule has 5 heteroatoms. The summed E-state index contributed by atoms with van der Waals surface area (Å²) < 4.78 is 41.3. The number of hydrogen-bond acceptors (Lipinski definition) is 2. The van der Waals surface area contributed by atoms with Crippen LogP contribution in [0.2, 0.25) is 0 Å². The minimum Gasteiger partial charge on any atom is -0.377 e. The lowest BCUT2D eigenvalue weighted by atomic mass is 10.0. The van der Waals surface area contributed by atoms with Gasteiger partial charge in [0.25, 0.3) is 0 Å². The Kier molecular flexibility index (Phi) is 8.60. The van der Waals surface area contributed by atoms with Crippen LogP contribution < -0.4 is 5.32 Å². The summed E-state index contributed by atoms with van der Waals surface area (Å²) in [6.45, 7) is 4.26. The van der Waals surface area contributed by atoms with E-state index in [-0.39, 0.29) is 25.2 Å². The van der Waals surface area contributed by atoms with Crippen molar-refractivity contribution in [2.75, 3.05) is 13.7 Å². The molecule has 0 aliphatic heterocycles. The Labute approximate surface area is 102 Å². The van der Waals surface area contributed by atoms with Gasteiger partial charge in [-0.2, -0.15) is 13.2 Å². The highest BCUT2D eigenvalue weighted by atomic mass is 19.4. The lowest BCUT2D eigenvalue weighted by Crippen LogP contribution is -2.39. The van der Waals surface area contributed by atoms with Gasteiger partial charge >= 0.3 is 6.18 Å². The smallest absolute Gasteiger partial charge is 0.377 e. The molecule has 1 N–H and O–H groups in total. The van der Waals surface area contributed by atoms with E-state index in [9.17, 15) is 13.2 Å². The Morgan fingerprint density at radius 2 is 1.88 bits per heavy atom. The number of alkyl halides is 3. The number of halogens is 3. The van der Waals surface area contributed by atoms with Crippen LogP contribution >= 0.6 is 0 Å². The maximum absolute atomic E-state index is 11.9. The fourth-order valence-electron chi connectivity index (χ4n) is 1.85. The average Bonchev–Trinajstić information content (AvgIpc) is 2.25. The van der Waals surface area contributed by atoms with Crippen molar-refractivity contribution in [1.29, 1.82) is 0 Å². The van der Waals surface area contributed by atoms with Gasteiger partial charge in [0.1, 0.15) is 0 Å². The van der Waals surface area contributed by atoms with Crippen LogP contribution in [0.5, 0.6) is 0 Å². The van der Waals surface area contributed by atoms with Crippen molar-refractivity contribution in [2.45, 2.75) is 64.3 Å². The van der Waals surface area contributed by atoms with Gasteiger partial charge in [-0.3, -0.25) is 0 Å². The van der Waals surface area contributed by atoms with Crippen molar-refractivity contribution in [3.63, 3.8) is 0 Å². The largest absolute Gasteiger partial charge is 0.389 e. The summed E-state index contributed by atoms with van der Waals surface area (Å²) >= 11 is 0. The van der Waals surface area contributed by atoms with Crippen LogP contribution in [0, 0.1) is 0 Å². The van der Waals surface area contributed by atoms with Gasteiger partial charge in [-0.25, -0.2) is 0 Å². The Bertz CT molecular complexity index is 185. The van der Waals surface area contributed by atoms with Gasteiger partial charge in [0.15, 0.2) is 0 Å². The quantitative estimate of drug-likeness (QED) is 0.637. The first-order valence-electron chi connectivity index (χ1n) is 6.30. The molecule has 0 aromatic carbocycles. The molecule has 17 heavy (non-hydrogen) atoms. The van der Waals surface area contributed by atoms with Crippen molar-refractivity contribution >= 4 is 0 Å². The number of ether oxygens (including phenoxy) is 1. The molecule has 0 aliphatic rings. The van der Waals surface area contributed by atoms with E-state index in [4.69, 9.17) is 4.74 Å². The highest BCUT2D eigenvalue weighted by Crippen LogP contribution is 2.21. The lowest BCUT2D eigenvalue weighted by molar-refractivity contribution is -0.139. The van der Waals surface area contributed by atoms with Crippen molar-refractivity contribution in [1.82, 2.24) is 5.32 Å². The van der Waals surface area contributed by atoms with Crippen LogP contribution in [0.15, 0.2) is 0 Å². The minimum absolute atomic E-state index is 0.00758. The van der Waals surface area contributed by atoms with E-state index in [1.807, 2.05) is 14.0 Å². The van der Waals surface area contributed by atoms with E-state index < -0.39 is 12.6 Å². The molecule has 0 saturated heterocycles. The summed E-state index contributed by atoms with van der Waals surface area (Å²) in [5.74, 6) is 0. The van der Waals surface area contributed by atoms with Crippen LogP contribution in [-0.2, 0) is 4.74 Å². The standard InChI is InChI=1S/C12H24F3NO/c1-4-7-10(16-3)11(5-2)17-9-6-8-12(13,14)15/h10-11,16H,4-9H2,1-3H3. The van der Waals surface area contributed by atoms with Crippen LogP contribution in [-0.4, -0.2) is 32.0 Å². The first-order valence-corrected chi connectivity index (χ1v) is 6.30. The highest BCUT2D eigenvalue weighted by molar-refractivity contribution is 4.74. The van der Waals surface area contributed by atoms with E-state index in [2.05, 4.69) is 12.2 Å². The summed E-state index contributed by atoms with van der Waals surface area (Å²) in [4.78, 5) is 0. The van der Waals surface area contributed by atoms with E-state index in [0.29, 0.717) is 0 Å². The second-order valence-electron chi connectivity index (χ2n) is 4.22. The third kappa shape index (κ3) is 8.44. The summed E-state index contributed by atoms with van der Waals surface area (Å²) in [5, 5.41) is 3.16. The molecule has 104 valence electrons. The fourth-order valence-corrected chi connectivity index (χ4v) is 1.85. The Hall–Kier alpha value is -0.290. The molecule has 0 fully saturated rings. The van der Waals surface area contributed by atoms with Gasteiger partial charge < -0.3 is 10.1 Å². The van der Waals surface area contributed by atoms with Gasteiger partial charge in [0, 0.05) is 19.1 Å². The monoisotopic (exact) mass is 255 g/mol. The van der Waals surface area contributed by atoms with Gasteiger partial charge in [0.05, 0.1) is 6.10 Å². The normalized spacial score (nSPS) is 15.9. The van der Waals surface area contributed by atoms with Crippen LogP contribution in [0.3, 0.4) is 0 Å². The first-order chi connectivity index (χ1) is 7.94. The molecule has 2 unspecified atom stereocenters. The SMILES string of the molecule is CCCC(NC)C(CC)OCCCC(F)(F)F. The number of rotatable bonds is 9. The number of hydrogen-bond donors (Lipinski definition) is 1. The second kappa shape index (κ2) is 8.75. The maximum atomic E-state index is 11.9. The molecule has 0 aromatic heterocycles. The Morgan fingerprint density at radius 3 is 2.29 bits per heavy atom. The minimum atomic E-state index is -4.07. The van der Waals surface area contributed by atoms with Crippen molar-refractivity contribution < 1.29 is 17.9 Å². The molecule has 2 nitrogen and oxygen atoms in total. The lowest BCUT2D eigenvalue weighted by Gasteiger charge is -2.26. The number of nitrogens with one attached hydrogen (secondary N) is 1. The topological polar surface area (TPSA) is 21.3 Å². The summed E-state index contributed by atoms with van der Waals surface area (Å²) in [6, 6.07) is 0.232. The molecule has 0 amide bonds. The maximum Gasteiger partial charge on any atom is 0.389 e. The zero-order valence-electron chi connectivity index (χ0n) is 10.9. The van der Waals surface area contributed by atoms with Crippen molar-refractivity contribution in [3.05, 3.63) is 0 Å². The predicted molar refractivity (Wildman–Crippen MR) is 63.1 cm³/mol. The van der Waals surface area contributed by atoms with Gasteiger partial charge in [-0.1, -0.05) is 20.3 Å². The molecule has 0 aromatic rings. The molecule has 0 spiro atoms. The van der Waals surface area contributed by atoms with E-state index in [0.717, 1.165) is 19.3 Å². The van der Waals surface area contributed by atoms with E-state index >= 15 is 0 Å². The van der Waals surface area contributed by atoms with E-state index in [1.165, 1.54) is 0 Å². The average molecular weight is 255 g/mol. The third-order valence-electron chi connectivity index (χ3n) is 2.76. The van der Waals surface area contributed by atoms with Crippen LogP contribution in [0.25, 0.3) is 0 Å². The number of likely N-dealkylation sites (N-methyl/N-ethyl adjacent to an activating group) is 1. The molecule has 2 atom stereocenters. The zero-order chi connectivity index (χ0) is 13.3. The molecule has 0 heterocycles. The molecular formula is C12H24F3NO. The Morgan fingerprint density at radius 1 is 1.24 bits per heavy atom. The third-order valence-corrected chi connectivity index (χ3v) is 2.76. The molecule has 0 bridgehead atoms. The van der Waals surface area contributed by atoms with Crippen LogP contribution in [0.4, 0.5) is 13.2 Å². The Balaban J connectivity index is 3.88. The van der Waals surface area contributed by atoms with E-state index in [1.54, 1.807) is 0 Å². The molecule has 0 saturated carbocycles. The molecule has 0 aliphatic carbocycles. The van der Waals surface area contributed by atoms with Crippen molar-refractivity contribution in [2.24, 2.45) is 0 Å². The summed E-state index contributed by atoms with van der Waals surface area (Å²) in [7, 11) is 1.86. The van der Waals surface area contributed by atoms with Gasteiger partial charge in [-0.15, -0.1) is 0 Å². The highest BCUT2D eigenvalue weighted by Gasteiger charge is 2.26. The summed E-state index contributed by atoms with van der Waals surface area (Å²) in [5.41, 5.74) is 0. The second-order valence-corrected chi connectivity index (χ2v) is 4.22. The van der Waals surface area contributed by atoms with Gasteiger partial charge in [0.2, 0.25) is 0 Å². The predicted octanol–water partition coefficient (Wildman–Crippen LogP) is 3.51. The van der Waals surface area contributed by atoms with Crippen molar-refractivity contribution in [3.8, 4) is 0 Å². The summed E-state index contributed by atoms with van der Waals surface area (Å²) in [6.07, 6.45) is -1.95. The molecular weight excluding hydrogens is 231 g/mol.